The molecule has 4 nitrogen and oxygen atoms in total. The van der Waals surface area contributed by atoms with Gasteiger partial charge in [0, 0.05) is 5.25 Å². The molecule has 0 aliphatic rings. The second-order valence-electron chi connectivity index (χ2n) is 6.40. The molecule has 0 rings (SSSR count). The Morgan fingerprint density at radius 1 is 0.783 bits per heavy atom. The van der Waals surface area contributed by atoms with E-state index in [-0.39, 0.29) is 57.5 Å². The van der Waals surface area contributed by atoms with Crippen molar-refractivity contribution >= 4 is 10.1 Å². The summed E-state index contributed by atoms with van der Waals surface area (Å²) in [6.07, 6.45) is 11.4. The van der Waals surface area contributed by atoms with E-state index in [9.17, 15) is 18.1 Å². The van der Waals surface area contributed by atoms with Crippen molar-refractivity contribution in [3.05, 3.63) is 0 Å². The van der Waals surface area contributed by atoms with Crippen LogP contribution >= 0.6 is 0 Å². The summed E-state index contributed by atoms with van der Waals surface area (Å²) >= 11 is 0. The molecule has 0 saturated heterocycles. The Balaban J connectivity index is 0. The average Bonchev–Trinajstić information content (AvgIpc) is 2.45. The zero-order chi connectivity index (χ0) is 16.8. The van der Waals surface area contributed by atoms with E-state index in [0.29, 0.717) is 25.7 Å². The van der Waals surface area contributed by atoms with E-state index in [1.165, 1.54) is 25.7 Å². The molecule has 0 aromatic rings. The molecule has 0 heterocycles. The first-order valence-electron chi connectivity index (χ1n) is 9.04. The predicted octanol–water partition coefficient (Wildman–Crippen LogP) is 1.38. The molecule has 2 atom stereocenters. The molecule has 0 radical (unpaired) electrons. The van der Waals surface area contributed by atoms with Gasteiger partial charge in [-0.2, -0.15) is 0 Å². The third kappa shape index (κ3) is 16.7. The Morgan fingerprint density at radius 2 is 1.22 bits per heavy atom. The van der Waals surface area contributed by atoms with Crippen molar-refractivity contribution in [3.63, 3.8) is 0 Å². The molecule has 0 aromatic carbocycles. The maximum Gasteiger partial charge on any atom is 1.00 e. The van der Waals surface area contributed by atoms with Gasteiger partial charge in [0.05, 0.1) is 16.2 Å². The van der Waals surface area contributed by atoms with Crippen LogP contribution in [-0.4, -0.2) is 29.4 Å². The van der Waals surface area contributed by atoms with Gasteiger partial charge in [0.15, 0.2) is 0 Å². The Hall–Kier alpha value is 1.51. The zero-order valence-electron chi connectivity index (χ0n) is 15.4. The molecular formula is C17H35KO4S. The van der Waals surface area contributed by atoms with Crippen molar-refractivity contribution in [1.29, 1.82) is 0 Å². The van der Waals surface area contributed by atoms with E-state index < -0.39 is 15.4 Å². The minimum atomic E-state index is -4.17. The van der Waals surface area contributed by atoms with Crippen LogP contribution in [0.2, 0.25) is 0 Å². The fraction of sp³-hybridized carbons (Fsp3) is 1.00. The molecule has 0 spiro atoms. The Labute approximate surface area is 186 Å². The molecule has 23 heavy (non-hydrogen) atoms. The number of unbranched alkanes of at least 4 members (excludes halogenated alkanes) is 6. The van der Waals surface area contributed by atoms with Gasteiger partial charge in [0.2, 0.25) is 0 Å². The van der Waals surface area contributed by atoms with E-state index in [2.05, 4.69) is 6.92 Å². The molecule has 1 N–H and O–H groups in total. The molecule has 6 heteroatoms. The van der Waals surface area contributed by atoms with Crippen LogP contribution in [0.25, 0.3) is 0 Å². The van der Waals surface area contributed by atoms with Crippen molar-refractivity contribution in [3.8, 4) is 0 Å². The van der Waals surface area contributed by atoms with Crippen molar-refractivity contribution in [1.82, 2.24) is 0 Å². The van der Waals surface area contributed by atoms with E-state index in [1.807, 2.05) is 6.92 Å². The van der Waals surface area contributed by atoms with Gasteiger partial charge in [0.25, 0.3) is 0 Å². The summed E-state index contributed by atoms with van der Waals surface area (Å²) < 4.78 is 33.6. The summed E-state index contributed by atoms with van der Waals surface area (Å²) in [5.74, 6) is 0. The van der Waals surface area contributed by atoms with Crippen molar-refractivity contribution in [2.45, 2.75) is 109 Å². The summed E-state index contributed by atoms with van der Waals surface area (Å²) in [5, 5.41) is 9.15. The SMILES string of the molecule is CCCCCCCC(O)CCCCC(CCCC)S(=O)(=O)[O-].[K+]. The molecule has 0 aromatic heterocycles. The van der Waals surface area contributed by atoms with Gasteiger partial charge >= 0.3 is 51.4 Å². The van der Waals surface area contributed by atoms with Crippen LogP contribution in [0.1, 0.15) is 97.3 Å². The van der Waals surface area contributed by atoms with Crippen LogP contribution in [0.15, 0.2) is 0 Å². The molecule has 0 saturated carbocycles. The van der Waals surface area contributed by atoms with Gasteiger partial charge in [-0.15, -0.1) is 0 Å². The molecule has 2 unspecified atom stereocenters. The van der Waals surface area contributed by atoms with Gasteiger partial charge < -0.3 is 9.66 Å². The molecule has 0 fully saturated rings. The fourth-order valence-electron chi connectivity index (χ4n) is 2.74. The summed E-state index contributed by atoms with van der Waals surface area (Å²) in [6.45, 7) is 4.18. The summed E-state index contributed by atoms with van der Waals surface area (Å²) in [4.78, 5) is 0. The minimum Gasteiger partial charge on any atom is -0.748 e. The van der Waals surface area contributed by atoms with Crippen molar-refractivity contribution < 1.29 is 69.5 Å². The predicted molar refractivity (Wildman–Crippen MR) is 90.9 cm³/mol. The second-order valence-corrected chi connectivity index (χ2v) is 8.05. The van der Waals surface area contributed by atoms with E-state index in [1.54, 1.807) is 0 Å². The number of rotatable bonds is 15. The first-order valence-corrected chi connectivity index (χ1v) is 10.5. The van der Waals surface area contributed by atoms with Gasteiger partial charge in [-0.05, 0) is 25.7 Å². The molecule has 134 valence electrons. The third-order valence-electron chi connectivity index (χ3n) is 4.24. The van der Waals surface area contributed by atoms with Crippen molar-refractivity contribution in [2.24, 2.45) is 0 Å². The Morgan fingerprint density at radius 3 is 1.74 bits per heavy atom. The van der Waals surface area contributed by atoms with Gasteiger partial charge in [-0.25, -0.2) is 8.42 Å². The monoisotopic (exact) mass is 374 g/mol. The largest absolute Gasteiger partial charge is 1.00 e. The molecule has 0 aliphatic heterocycles. The molecule has 0 amide bonds. The standard InChI is InChI=1S/C17H36O4S.K/c1-3-5-7-8-9-12-16(18)13-10-11-15-17(14-6-4-2)22(19,20)21;/h16-18H,3-15H2,1-2H3,(H,19,20,21);/q;+1/p-1. The molecular weight excluding hydrogens is 339 g/mol. The van der Waals surface area contributed by atoms with Crippen LogP contribution in [0.3, 0.4) is 0 Å². The average molecular weight is 375 g/mol. The Bertz CT molecular complexity index is 347. The van der Waals surface area contributed by atoms with E-state index in [0.717, 1.165) is 32.1 Å². The summed E-state index contributed by atoms with van der Waals surface area (Å²) in [6, 6.07) is 0. The third-order valence-corrected chi connectivity index (χ3v) is 5.53. The van der Waals surface area contributed by atoms with Crippen LogP contribution in [0, 0.1) is 0 Å². The van der Waals surface area contributed by atoms with Crippen LogP contribution in [0.4, 0.5) is 0 Å². The minimum absolute atomic E-state index is 0. The van der Waals surface area contributed by atoms with Crippen LogP contribution < -0.4 is 51.4 Å². The number of aliphatic hydroxyl groups excluding tert-OH is 1. The maximum absolute atomic E-state index is 11.2. The van der Waals surface area contributed by atoms with Crippen molar-refractivity contribution in [2.75, 3.05) is 0 Å². The topological polar surface area (TPSA) is 77.4 Å². The molecule has 0 bridgehead atoms. The fourth-order valence-corrected chi connectivity index (χ4v) is 3.66. The first-order chi connectivity index (χ1) is 10.4. The summed E-state index contributed by atoms with van der Waals surface area (Å²) in [7, 11) is -4.17. The number of aliphatic hydroxyl groups is 1. The van der Waals surface area contributed by atoms with Gasteiger partial charge in [-0.1, -0.05) is 71.6 Å². The van der Waals surface area contributed by atoms with Gasteiger partial charge in [-0.3, -0.25) is 0 Å². The normalized spacial score (nSPS) is 14.3. The Kier molecular flexibility index (Phi) is 19.7. The number of hydrogen-bond donors (Lipinski definition) is 1. The quantitative estimate of drug-likeness (QED) is 0.267. The second kappa shape index (κ2) is 16.9. The van der Waals surface area contributed by atoms with Gasteiger partial charge in [0.1, 0.15) is 0 Å². The maximum atomic E-state index is 11.2. The molecule has 0 aliphatic carbocycles. The first kappa shape index (κ1) is 26.7. The van der Waals surface area contributed by atoms with E-state index in [4.69, 9.17) is 0 Å². The van der Waals surface area contributed by atoms with Crippen LogP contribution in [0.5, 0.6) is 0 Å². The van der Waals surface area contributed by atoms with Crippen LogP contribution in [-0.2, 0) is 10.1 Å². The van der Waals surface area contributed by atoms with E-state index >= 15 is 0 Å². The summed E-state index contributed by atoms with van der Waals surface area (Å²) in [5.41, 5.74) is 0. The smallest absolute Gasteiger partial charge is 0.748 e. The zero-order valence-corrected chi connectivity index (χ0v) is 19.4. The number of hydrogen-bond acceptors (Lipinski definition) is 4.